The van der Waals surface area contributed by atoms with Crippen molar-refractivity contribution >= 4 is 82.6 Å². The number of anilines is 1. The van der Waals surface area contributed by atoms with E-state index in [1.807, 2.05) is 19.3 Å². The number of likely N-dealkylation sites (N-methyl/N-ethyl adjacent to an activating group) is 1. The number of rotatable bonds is 22. The molecule has 0 saturated carbocycles. The Morgan fingerprint density at radius 2 is 1.71 bits per heavy atom. The number of esters is 1. The van der Waals surface area contributed by atoms with Crippen molar-refractivity contribution in [3.8, 4) is 5.75 Å². The number of fused-ring (bicyclic) bond motifs is 5. The third-order valence-corrected chi connectivity index (χ3v) is 15.5. The van der Waals surface area contributed by atoms with Crippen molar-refractivity contribution in [3.05, 3.63) is 58.7 Å². The molecule has 9 amide bonds. The van der Waals surface area contributed by atoms with Crippen LogP contribution in [0.3, 0.4) is 0 Å². The number of nitrogens with one attached hydrogen (secondary N) is 5. The molecule has 4 aliphatic rings. The zero-order chi connectivity index (χ0) is 58.4. The molecule has 4 aliphatic heterocycles. The zero-order valence-electron chi connectivity index (χ0n) is 46.2. The van der Waals surface area contributed by atoms with Crippen molar-refractivity contribution in [2.45, 2.75) is 133 Å². The lowest BCUT2D eigenvalue weighted by Gasteiger charge is -2.42. The van der Waals surface area contributed by atoms with Crippen LogP contribution < -0.4 is 42.0 Å². The number of alkyl carbamates (subject to hydrolysis) is 1. The Morgan fingerprint density at radius 3 is 2.37 bits per heavy atom. The van der Waals surface area contributed by atoms with E-state index in [0.29, 0.717) is 43.0 Å². The average molecular weight is 1150 g/mol. The molecule has 0 radical (unpaired) electrons. The van der Waals surface area contributed by atoms with Gasteiger partial charge in [0.15, 0.2) is 5.72 Å². The van der Waals surface area contributed by atoms with Crippen LogP contribution in [0.4, 0.5) is 15.3 Å². The average Bonchev–Trinajstić information content (AvgIpc) is 4.22. The third kappa shape index (κ3) is 16.7. The first-order valence-corrected chi connectivity index (χ1v) is 27.9. The Morgan fingerprint density at radius 1 is 1.03 bits per heavy atom. The van der Waals surface area contributed by atoms with Crippen LogP contribution in [0.1, 0.15) is 78.2 Å². The number of hydrogen-bond acceptors (Lipinski definition) is 17. The molecule has 24 nitrogen and oxygen atoms in total. The van der Waals surface area contributed by atoms with Crippen LogP contribution in [0, 0.1) is 5.92 Å². The maximum absolute atomic E-state index is 14.5. The number of allylic oxidation sites excluding steroid dienone is 3. The number of nitrogens with two attached hydrogens (primary N) is 1. The van der Waals surface area contributed by atoms with Gasteiger partial charge in [-0.25, -0.2) is 14.4 Å². The van der Waals surface area contributed by atoms with Crippen LogP contribution in [-0.2, 0) is 58.9 Å². The fourth-order valence-corrected chi connectivity index (χ4v) is 10.2. The molecular weight excluding hydrogens is 1070 g/mol. The van der Waals surface area contributed by atoms with Gasteiger partial charge in [-0.15, -0.1) is 0 Å². The van der Waals surface area contributed by atoms with Gasteiger partial charge in [0, 0.05) is 71.8 Å². The molecule has 8 N–H and O–H groups in total. The normalized spacial score (nSPS) is 25.2. The van der Waals surface area contributed by atoms with Crippen molar-refractivity contribution in [3.63, 3.8) is 0 Å². The molecular formula is C53H76ClN9O15S. The molecule has 26 heteroatoms. The Hall–Kier alpha value is -6.25. The Balaban J connectivity index is 1.32. The number of unbranched alkanes of at least 4 members (excludes halogenated alkanes) is 1. The number of imide groups is 1. The monoisotopic (exact) mass is 1150 g/mol. The second-order valence-electron chi connectivity index (χ2n) is 20.2. The predicted octanol–water partition coefficient (Wildman–Crippen LogP) is 1.98. The molecule has 0 aliphatic carbocycles. The number of hydrogen-bond donors (Lipinski definition) is 7. The van der Waals surface area contributed by atoms with Crippen LogP contribution in [0.5, 0.6) is 5.75 Å². The molecule has 1 aromatic carbocycles. The number of urea groups is 1. The minimum absolute atomic E-state index is 0.0129. The molecule has 0 spiro atoms. The number of carbonyl (C=O) groups is 9. The predicted molar refractivity (Wildman–Crippen MR) is 293 cm³/mol. The smallest absolute Gasteiger partial charge is 0.409 e. The summed E-state index contributed by atoms with van der Waals surface area (Å²) in [7, 11) is 5.69. The lowest BCUT2D eigenvalue weighted by Crippen LogP contribution is -2.63. The van der Waals surface area contributed by atoms with E-state index in [0.717, 1.165) is 33.1 Å². The summed E-state index contributed by atoms with van der Waals surface area (Å²) in [5.41, 5.74) is 4.35. The molecule has 10 atom stereocenters. The van der Waals surface area contributed by atoms with E-state index < -0.39 is 120 Å². The summed E-state index contributed by atoms with van der Waals surface area (Å²) in [4.78, 5) is 123. The lowest BCUT2D eigenvalue weighted by atomic mass is 9.83. The number of ether oxygens (including phenoxy) is 5. The van der Waals surface area contributed by atoms with E-state index in [4.69, 9.17) is 41.0 Å². The van der Waals surface area contributed by atoms with Gasteiger partial charge in [0.1, 0.15) is 52.8 Å². The van der Waals surface area contributed by atoms with Crippen LogP contribution in [0.25, 0.3) is 0 Å². The third-order valence-electron chi connectivity index (χ3n) is 14.5. The second-order valence-corrected chi connectivity index (χ2v) is 21.6. The maximum atomic E-state index is 14.5. The number of methoxy groups -OCH3 is 2. The van der Waals surface area contributed by atoms with Gasteiger partial charge in [0.2, 0.25) is 23.6 Å². The van der Waals surface area contributed by atoms with E-state index in [-0.39, 0.29) is 50.3 Å². The number of aliphatic hydroxyl groups is 1. The van der Waals surface area contributed by atoms with E-state index in [1.165, 1.54) is 51.9 Å². The molecule has 436 valence electrons. The van der Waals surface area contributed by atoms with Gasteiger partial charge in [-0.05, 0) is 89.1 Å². The van der Waals surface area contributed by atoms with Gasteiger partial charge >= 0.3 is 18.1 Å². The second kappa shape index (κ2) is 28.8. The minimum Gasteiger partial charge on any atom is -0.495 e. The molecule has 1 aromatic rings. The van der Waals surface area contributed by atoms with Gasteiger partial charge < -0.3 is 65.6 Å². The number of nitrogens with zero attached hydrogens (tertiary/aromatic N) is 3. The quantitative estimate of drug-likeness (QED) is 0.0378. The van der Waals surface area contributed by atoms with Gasteiger partial charge in [-0.2, -0.15) is 11.8 Å². The van der Waals surface area contributed by atoms with Gasteiger partial charge in [-0.1, -0.05) is 42.3 Å². The van der Waals surface area contributed by atoms with Gasteiger partial charge in [0.25, 0.3) is 11.8 Å². The summed E-state index contributed by atoms with van der Waals surface area (Å²) in [5, 5.41) is 25.3. The number of benzene rings is 1. The minimum atomic E-state index is -1.92. The zero-order valence-corrected chi connectivity index (χ0v) is 47.8. The summed E-state index contributed by atoms with van der Waals surface area (Å²) < 4.78 is 29.5. The van der Waals surface area contributed by atoms with Crippen molar-refractivity contribution in [1.82, 2.24) is 36.4 Å². The van der Waals surface area contributed by atoms with Crippen LogP contribution in [0.2, 0.25) is 5.02 Å². The Kier molecular flexibility index (Phi) is 23.1. The lowest BCUT2D eigenvalue weighted by molar-refractivity contribution is -0.158. The number of epoxide rings is 1. The van der Waals surface area contributed by atoms with Crippen molar-refractivity contribution in [2.75, 3.05) is 71.4 Å². The van der Waals surface area contributed by atoms with Crippen molar-refractivity contribution in [2.24, 2.45) is 11.7 Å². The Labute approximate surface area is 469 Å². The molecule has 2 fully saturated rings. The molecule has 2 saturated heterocycles. The first kappa shape index (κ1) is 63.6. The molecule has 0 aromatic heterocycles. The van der Waals surface area contributed by atoms with Gasteiger partial charge in [-0.3, -0.25) is 39.0 Å². The number of amides is 9. The molecule has 4 bridgehead atoms. The number of carbonyl (C=O) groups excluding carboxylic acids is 9. The first-order valence-electron chi connectivity index (χ1n) is 26.1. The van der Waals surface area contributed by atoms with Gasteiger partial charge in [0.05, 0.1) is 25.3 Å². The summed E-state index contributed by atoms with van der Waals surface area (Å²) in [6, 6.07) is -0.907. The van der Waals surface area contributed by atoms with E-state index >= 15 is 0 Å². The highest BCUT2D eigenvalue weighted by Gasteiger charge is 2.64. The standard InChI is InChI=1S/C53H76ClN9O15S/c1-30-13-12-15-39(75-8)53(73)29-38(76-51(72)60-53)31(2)46-52(4,78-46)40(28-44(67)62(6)36-26-33(25-30)27-37(74-7)45(36)54)77-49(70)32(3)61(5)50(71)59-35(19-24-79-9)48(69)58-34(14-10-11-20-55)47(68)57-22-21-56-41(64)18-23-63-42(65)16-17-43(63)66/h12-13,15-17,26-27,31-32,34-35,38-40,46,73H,10-11,14,18-25,28-29,55H2,1-9H3,(H,56,64)(H,57,68)(H,58,69)(H,59,71)(H,60,72). The van der Waals surface area contributed by atoms with E-state index in [2.05, 4.69) is 26.6 Å². The molecule has 5 rings (SSSR count). The van der Waals surface area contributed by atoms with Crippen molar-refractivity contribution in [1.29, 1.82) is 0 Å². The highest BCUT2D eigenvalue weighted by Crippen LogP contribution is 2.49. The fraction of sp³-hybridized carbons (Fsp3) is 0.604. The molecule has 10 unspecified atom stereocenters. The van der Waals surface area contributed by atoms with Crippen LogP contribution in [-0.4, -0.2) is 189 Å². The molecule has 4 heterocycles. The fourth-order valence-electron chi connectivity index (χ4n) is 9.43. The van der Waals surface area contributed by atoms with Crippen LogP contribution >= 0.6 is 23.4 Å². The topological polar surface area (TPSA) is 319 Å². The summed E-state index contributed by atoms with van der Waals surface area (Å²) in [6.07, 6.45) is 5.24. The molecule has 79 heavy (non-hydrogen) atoms. The summed E-state index contributed by atoms with van der Waals surface area (Å²) >= 11 is 8.25. The number of thioether (sulfide) groups is 1. The van der Waals surface area contributed by atoms with E-state index in [9.17, 15) is 48.3 Å². The summed E-state index contributed by atoms with van der Waals surface area (Å²) in [5.74, 6) is -4.10. The highest BCUT2D eigenvalue weighted by molar-refractivity contribution is 7.98. The Bertz CT molecular complexity index is 2520. The van der Waals surface area contributed by atoms with Crippen molar-refractivity contribution < 1.29 is 71.9 Å². The maximum Gasteiger partial charge on any atom is 0.409 e. The summed E-state index contributed by atoms with van der Waals surface area (Å²) in [6.45, 7) is 6.91. The van der Waals surface area contributed by atoms with Crippen LogP contribution in [0.15, 0.2) is 48.1 Å². The highest BCUT2D eigenvalue weighted by atomic mass is 35.5. The SMILES string of the molecule is COc1cc2cc(c1Cl)N(C)C(=O)CC(OC(=O)C(C)N(C)C(=O)NC(CCSC)C(=O)NC(CCCCN)C(=O)NCCNC(=O)CCN1C(=O)C=CC1=O)C1(C)OC1C(C)C1CC(O)(NC(=O)O1)C(OC)C=CC=C(C)C2. The van der Waals surface area contributed by atoms with E-state index in [1.54, 1.807) is 38.1 Å². The largest absolute Gasteiger partial charge is 0.495 e. The first-order chi connectivity index (χ1) is 37.4. The number of halogens is 1.